The van der Waals surface area contributed by atoms with Gasteiger partial charge in [0.2, 0.25) is 0 Å². The predicted octanol–water partition coefficient (Wildman–Crippen LogP) is 3.25. The average molecular weight is 351 g/mol. The molecule has 0 spiro atoms. The third-order valence-electron chi connectivity index (χ3n) is 3.05. The van der Waals surface area contributed by atoms with E-state index in [4.69, 9.17) is 9.84 Å². The average Bonchev–Trinajstić information content (AvgIpc) is 3.02. The number of hydrogen-bond acceptors (Lipinski definition) is 5. The second-order valence-corrected chi connectivity index (χ2v) is 6.77. The SMILES string of the molecule is CSc1ccc(OC(C)C(=O)NCc2ccc(C(=O)O)s2)cc1. The molecule has 1 aromatic carbocycles. The first-order valence-electron chi connectivity index (χ1n) is 6.90. The van der Waals surface area contributed by atoms with E-state index in [2.05, 4.69) is 5.32 Å². The highest BCUT2D eigenvalue weighted by Crippen LogP contribution is 2.20. The summed E-state index contributed by atoms with van der Waals surface area (Å²) in [4.78, 5) is 25.0. The van der Waals surface area contributed by atoms with E-state index in [1.165, 1.54) is 6.07 Å². The minimum atomic E-state index is -0.960. The number of hydrogen-bond donors (Lipinski definition) is 2. The summed E-state index contributed by atoms with van der Waals surface area (Å²) in [5.74, 6) is -0.572. The number of thiophene rings is 1. The highest BCUT2D eigenvalue weighted by Gasteiger charge is 2.15. The smallest absolute Gasteiger partial charge is 0.345 e. The third-order valence-corrected chi connectivity index (χ3v) is 4.87. The molecule has 0 fully saturated rings. The molecule has 1 unspecified atom stereocenters. The van der Waals surface area contributed by atoms with E-state index in [9.17, 15) is 9.59 Å². The predicted molar refractivity (Wildman–Crippen MR) is 91.4 cm³/mol. The van der Waals surface area contributed by atoms with E-state index in [1.54, 1.807) is 24.8 Å². The van der Waals surface area contributed by atoms with E-state index < -0.39 is 12.1 Å². The Bertz CT molecular complexity index is 682. The van der Waals surface area contributed by atoms with Gasteiger partial charge < -0.3 is 15.2 Å². The molecule has 1 atom stereocenters. The van der Waals surface area contributed by atoms with Gasteiger partial charge in [-0.15, -0.1) is 23.1 Å². The van der Waals surface area contributed by atoms with Gasteiger partial charge in [-0.3, -0.25) is 4.79 Å². The van der Waals surface area contributed by atoms with Crippen molar-refractivity contribution in [1.82, 2.24) is 5.32 Å². The first kappa shape index (κ1) is 17.4. The number of rotatable bonds is 7. The lowest BCUT2D eigenvalue weighted by Gasteiger charge is -2.14. The number of carboxylic acids is 1. The van der Waals surface area contributed by atoms with Crippen molar-refractivity contribution in [2.75, 3.05) is 6.26 Å². The number of carbonyl (C=O) groups excluding carboxylic acids is 1. The van der Waals surface area contributed by atoms with E-state index in [-0.39, 0.29) is 17.3 Å². The molecule has 0 saturated heterocycles. The van der Waals surface area contributed by atoms with Gasteiger partial charge in [0.15, 0.2) is 6.10 Å². The maximum absolute atomic E-state index is 12.0. The van der Waals surface area contributed by atoms with Crippen molar-refractivity contribution in [2.24, 2.45) is 0 Å². The van der Waals surface area contributed by atoms with Crippen LogP contribution in [0.1, 0.15) is 21.5 Å². The van der Waals surface area contributed by atoms with Crippen molar-refractivity contribution in [1.29, 1.82) is 0 Å². The number of ether oxygens (including phenoxy) is 1. The largest absolute Gasteiger partial charge is 0.481 e. The third kappa shape index (κ3) is 5.01. The number of carbonyl (C=O) groups is 2. The fourth-order valence-electron chi connectivity index (χ4n) is 1.82. The summed E-state index contributed by atoms with van der Waals surface area (Å²) >= 11 is 2.78. The molecule has 5 nitrogen and oxygen atoms in total. The van der Waals surface area contributed by atoms with Crippen LogP contribution < -0.4 is 10.1 Å². The maximum Gasteiger partial charge on any atom is 0.345 e. The highest BCUT2D eigenvalue weighted by atomic mass is 32.2. The summed E-state index contributed by atoms with van der Waals surface area (Å²) in [6, 6.07) is 10.7. The molecule has 2 rings (SSSR count). The molecular weight excluding hydrogens is 334 g/mol. The topological polar surface area (TPSA) is 75.6 Å². The van der Waals surface area contributed by atoms with Gasteiger partial charge in [0.1, 0.15) is 10.6 Å². The molecule has 0 saturated carbocycles. The van der Waals surface area contributed by atoms with Gasteiger partial charge in [-0.2, -0.15) is 0 Å². The second kappa shape index (κ2) is 8.03. The quantitative estimate of drug-likeness (QED) is 0.749. The van der Waals surface area contributed by atoms with Crippen LogP contribution in [0.15, 0.2) is 41.3 Å². The molecule has 1 heterocycles. The van der Waals surface area contributed by atoms with Gasteiger partial charge in [0, 0.05) is 9.77 Å². The molecule has 0 bridgehead atoms. The lowest BCUT2D eigenvalue weighted by atomic mass is 10.3. The van der Waals surface area contributed by atoms with Crippen LogP contribution in [-0.4, -0.2) is 29.3 Å². The maximum atomic E-state index is 12.0. The molecule has 1 amide bonds. The number of amides is 1. The van der Waals surface area contributed by atoms with Crippen molar-refractivity contribution < 1.29 is 19.4 Å². The highest BCUT2D eigenvalue weighted by molar-refractivity contribution is 7.98. The number of thioether (sulfide) groups is 1. The zero-order valence-electron chi connectivity index (χ0n) is 12.7. The molecule has 7 heteroatoms. The fraction of sp³-hybridized carbons (Fsp3) is 0.250. The molecular formula is C16H17NO4S2. The Kier molecular flexibility index (Phi) is 6.06. The first-order chi connectivity index (χ1) is 11.0. The molecule has 2 N–H and O–H groups in total. The van der Waals surface area contributed by atoms with E-state index in [1.807, 2.05) is 30.5 Å². The van der Waals surface area contributed by atoms with Crippen molar-refractivity contribution in [3.63, 3.8) is 0 Å². The Hall–Kier alpha value is -1.99. The van der Waals surface area contributed by atoms with Gasteiger partial charge in [0.05, 0.1) is 6.54 Å². The van der Waals surface area contributed by atoms with Crippen LogP contribution in [0.5, 0.6) is 5.75 Å². The lowest BCUT2D eigenvalue weighted by molar-refractivity contribution is -0.127. The second-order valence-electron chi connectivity index (χ2n) is 4.72. The van der Waals surface area contributed by atoms with Gasteiger partial charge in [-0.25, -0.2) is 4.79 Å². The fourth-order valence-corrected chi connectivity index (χ4v) is 3.01. The monoisotopic (exact) mass is 351 g/mol. The van der Waals surface area contributed by atoms with Gasteiger partial charge >= 0.3 is 5.97 Å². The lowest BCUT2D eigenvalue weighted by Crippen LogP contribution is -2.35. The van der Waals surface area contributed by atoms with Crippen LogP contribution in [0.3, 0.4) is 0 Å². The number of carboxylic acid groups (broad SMARTS) is 1. The van der Waals surface area contributed by atoms with Crippen LogP contribution in [-0.2, 0) is 11.3 Å². The molecule has 23 heavy (non-hydrogen) atoms. The molecule has 0 aliphatic rings. The van der Waals surface area contributed by atoms with Crippen molar-refractivity contribution in [3.05, 3.63) is 46.2 Å². The van der Waals surface area contributed by atoms with Crippen molar-refractivity contribution in [3.8, 4) is 5.75 Å². The normalized spacial score (nSPS) is 11.7. The molecule has 0 radical (unpaired) electrons. The zero-order chi connectivity index (χ0) is 16.8. The standard InChI is InChI=1S/C16H17NO4S2/c1-10(21-11-3-5-12(22-2)6-4-11)15(18)17-9-13-7-8-14(23-13)16(19)20/h3-8,10H,9H2,1-2H3,(H,17,18)(H,19,20). The summed E-state index contributed by atoms with van der Waals surface area (Å²) < 4.78 is 5.60. The summed E-state index contributed by atoms with van der Waals surface area (Å²) in [6.07, 6.45) is 1.36. The van der Waals surface area contributed by atoms with E-state index in [0.29, 0.717) is 5.75 Å². The summed E-state index contributed by atoms with van der Waals surface area (Å²) in [7, 11) is 0. The van der Waals surface area contributed by atoms with Crippen LogP contribution in [0.25, 0.3) is 0 Å². The Morgan fingerprint density at radius 1 is 1.26 bits per heavy atom. The summed E-state index contributed by atoms with van der Waals surface area (Å²) in [5.41, 5.74) is 0. The molecule has 0 aliphatic heterocycles. The Balaban J connectivity index is 1.85. The van der Waals surface area contributed by atoms with Crippen LogP contribution in [0, 0.1) is 0 Å². The molecule has 2 aromatic rings. The molecule has 122 valence electrons. The Labute approximate surface area is 142 Å². The number of benzene rings is 1. The Morgan fingerprint density at radius 3 is 2.52 bits per heavy atom. The first-order valence-corrected chi connectivity index (χ1v) is 8.94. The molecule has 1 aromatic heterocycles. The minimum absolute atomic E-state index is 0.246. The zero-order valence-corrected chi connectivity index (χ0v) is 14.4. The number of aromatic carboxylic acids is 1. The van der Waals surface area contributed by atoms with Gasteiger partial charge in [-0.05, 0) is 49.6 Å². The van der Waals surface area contributed by atoms with Crippen LogP contribution in [0.2, 0.25) is 0 Å². The van der Waals surface area contributed by atoms with Crippen LogP contribution in [0.4, 0.5) is 0 Å². The van der Waals surface area contributed by atoms with E-state index in [0.717, 1.165) is 21.1 Å². The van der Waals surface area contributed by atoms with E-state index >= 15 is 0 Å². The Morgan fingerprint density at radius 2 is 1.96 bits per heavy atom. The van der Waals surface area contributed by atoms with Crippen molar-refractivity contribution in [2.45, 2.75) is 24.5 Å². The van der Waals surface area contributed by atoms with Gasteiger partial charge in [0.25, 0.3) is 5.91 Å². The van der Waals surface area contributed by atoms with Crippen LogP contribution >= 0.6 is 23.1 Å². The summed E-state index contributed by atoms with van der Waals surface area (Å²) in [6.45, 7) is 1.96. The molecule has 0 aliphatic carbocycles. The van der Waals surface area contributed by atoms with Crippen molar-refractivity contribution >= 4 is 35.0 Å². The van der Waals surface area contributed by atoms with Gasteiger partial charge in [-0.1, -0.05) is 0 Å². The summed E-state index contributed by atoms with van der Waals surface area (Å²) in [5, 5.41) is 11.6. The minimum Gasteiger partial charge on any atom is -0.481 e. The number of nitrogens with one attached hydrogen (secondary N) is 1.